The Balaban J connectivity index is 1.66. The van der Waals surface area contributed by atoms with Crippen LogP contribution in [0.5, 0.6) is 0 Å². The van der Waals surface area contributed by atoms with Crippen LogP contribution in [0, 0.1) is 0 Å². The van der Waals surface area contributed by atoms with E-state index < -0.39 is 0 Å². The van der Waals surface area contributed by atoms with E-state index in [4.69, 9.17) is 0 Å². The van der Waals surface area contributed by atoms with Gasteiger partial charge in [-0.2, -0.15) is 0 Å². The number of carbonyl (C=O) groups excluding carboxylic acids is 2. The maximum Gasteiger partial charge on any atom is 0.321 e. The van der Waals surface area contributed by atoms with Crippen LogP contribution in [0.4, 0.5) is 4.79 Å². The highest BCUT2D eigenvalue weighted by Gasteiger charge is 2.22. The molecular formula is C15H27N3O2. The maximum atomic E-state index is 11.8. The van der Waals surface area contributed by atoms with Crippen LogP contribution in [0.15, 0.2) is 0 Å². The molecule has 114 valence electrons. The van der Waals surface area contributed by atoms with Crippen molar-refractivity contribution in [1.82, 2.24) is 15.5 Å². The smallest absolute Gasteiger partial charge is 0.321 e. The number of hydrogen-bond acceptors (Lipinski definition) is 3. The molecule has 0 aromatic rings. The van der Waals surface area contributed by atoms with E-state index in [2.05, 4.69) is 15.5 Å². The van der Waals surface area contributed by atoms with E-state index in [1.165, 1.54) is 32.1 Å². The Morgan fingerprint density at radius 2 is 1.60 bits per heavy atom. The molecule has 0 saturated heterocycles. The predicted molar refractivity (Wildman–Crippen MR) is 78.4 cm³/mol. The van der Waals surface area contributed by atoms with Crippen molar-refractivity contribution in [1.29, 1.82) is 0 Å². The van der Waals surface area contributed by atoms with Gasteiger partial charge in [0.2, 0.25) is 5.91 Å². The molecule has 20 heavy (non-hydrogen) atoms. The molecule has 3 amide bonds. The van der Waals surface area contributed by atoms with Crippen molar-refractivity contribution >= 4 is 11.9 Å². The summed E-state index contributed by atoms with van der Waals surface area (Å²) >= 11 is 0. The van der Waals surface area contributed by atoms with Gasteiger partial charge in [-0.15, -0.1) is 0 Å². The van der Waals surface area contributed by atoms with Crippen molar-refractivity contribution in [3.05, 3.63) is 0 Å². The van der Waals surface area contributed by atoms with E-state index in [-0.39, 0.29) is 18.0 Å². The molecule has 0 aliphatic heterocycles. The average molecular weight is 281 g/mol. The fourth-order valence-electron chi connectivity index (χ4n) is 3.34. The Kier molecular flexibility index (Phi) is 5.83. The number of nitrogens with zero attached hydrogens (tertiary/aromatic N) is 1. The number of imide groups is 1. The summed E-state index contributed by atoms with van der Waals surface area (Å²) in [5, 5.41) is 5.35. The number of hydrogen-bond donors (Lipinski definition) is 2. The van der Waals surface area contributed by atoms with Crippen LogP contribution in [0.1, 0.15) is 57.8 Å². The third kappa shape index (κ3) is 4.78. The number of rotatable bonds is 4. The highest BCUT2D eigenvalue weighted by Crippen LogP contribution is 2.22. The molecule has 0 bridgehead atoms. The molecule has 2 fully saturated rings. The zero-order valence-corrected chi connectivity index (χ0v) is 12.5. The van der Waals surface area contributed by atoms with Crippen molar-refractivity contribution in [2.24, 2.45) is 0 Å². The molecule has 0 spiro atoms. The second kappa shape index (κ2) is 7.62. The van der Waals surface area contributed by atoms with Crippen molar-refractivity contribution in [2.75, 3.05) is 13.6 Å². The van der Waals surface area contributed by atoms with Crippen molar-refractivity contribution < 1.29 is 9.59 Å². The molecule has 5 heteroatoms. The Morgan fingerprint density at radius 1 is 1.00 bits per heavy atom. The van der Waals surface area contributed by atoms with E-state index in [0.29, 0.717) is 12.6 Å². The van der Waals surface area contributed by atoms with Gasteiger partial charge in [-0.25, -0.2) is 4.79 Å². The molecule has 5 nitrogen and oxygen atoms in total. The molecule has 2 aliphatic carbocycles. The minimum Gasteiger partial charge on any atom is -0.335 e. The van der Waals surface area contributed by atoms with Gasteiger partial charge < -0.3 is 5.32 Å². The van der Waals surface area contributed by atoms with E-state index in [0.717, 1.165) is 25.7 Å². The van der Waals surface area contributed by atoms with Gasteiger partial charge in [-0.1, -0.05) is 32.1 Å². The standard InChI is InChI=1S/C15H27N3O2/c1-18(13-9-5-6-10-13)11-14(19)17-15(20)16-12-7-3-2-4-8-12/h12-13H,2-11H2,1H3,(H2,16,17,19,20). The molecule has 0 radical (unpaired) electrons. The molecule has 0 aromatic carbocycles. The van der Waals surface area contributed by atoms with Gasteiger partial charge in [0.25, 0.3) is 0 Å². The number of nitrogens with one attached hydrogen (secondary N) is 2. The fourth-order valence-corrected chi connectivity index (χ4v) is 3.34. The first kappa shape index (κ1) is 15.3. The van der Waals surface area contributed by atoms with Gasteiger partial charge in [0.1, 0.15) is 0 Å². The Morgan fingerprint density at radius 3 is 2.25 bits per heavy atom. The summed E-state index contributed by atoms with van der Waals surface area (Å²) in [6.07, 6.45) is 10.5. The van der Waals surface area contributed by atoms with Crippen LogP contribution in [-0.4, -0.2) is 42.5 Å². The number of amides is 3. The summed E-state index contributed by atoms with van der Waals surface area (Å²) in [4.78, 5) is 25.7. The van der Waals surface area contributed by atoms with Gasteiger partial charge >= 0.3 is 6.03 Å². The van der Waals surface area contributed by atoms with Crippen LogP contribution in [0.3, 0.4) is 0 Å². The molecule has 2 saturated carbocycles. The van der Waals surface area contributed by atoms with E-state index in [9.17, 15) is 9.59 Å². The minimum atomic E-state index is -0.332. The van der Waals surface area contributed by atoms with Crippen LogP contribution >= 0.6 is 0 Å². The highest BCUT2D eigenvalue weighted by atomic mass is 16.2. The first-order valence-electron chi connectivity index (χ1n) is 7.96. The molecule has 2 aliphatic rings. The van der Waals surface area contributed by atoms with Gasteiger partial charge in [-0.3, -0.25) is 15.0 Å². The Labute approximate surface area is 121 Å². The quantitative estimate of drug-likeness (QED) is 0.828. The van der Waals surface area contributed by atoms with Crippen molar-refractivity contribution in [2.45, 2.75) is 69.9 Å². The summed E-state index contributed by atoms with van der Waals surface area (Å²) in [5.41, 5.74) is 0. The molecular weight excluding hydrogens is 254 g/mol. The lowest BCUT2D eigenvalue weighted by Gasteiger charge is -2.24. The second-order valence-electron chi connectivity index (χ2n) is 6.21. The second-order valence-corrected chi connectivity index (χ2v) is 6.21. The lowest BCUT2D eigenvalue weighted by molar-refractivity contribution is -0.121. The summed E-state index contributed by atoms with van der Waals surface area (Å²) in [6, 6.07) is 0.410. The fraction of sp³-hybridized carbons (Fsp3) is 0.867. The zero-order chi connectivity index (χ0) is 14.4. The number of carbonyl (C=O) groups is 2. The van der Waals surface area contributed by atoms with Crippen LogP contribution in [0.2, 0.25) is 0 Å². The molecule has 2 rings (SSSR count). The van der Waals surface area contributed by atoms with Gasteiger partial charge in [0.15, 0.2) is 0 Å². The Bertz CT molecular complexity index is 334. The Hall–Kier alpha value is -1.10. The topological polar surface area (TPSA) is 61.4 Å². The van der Waals surface area contributed by atoms with E-state index in [1.54, 1.807) is 0 Å². The van der Waals surface area contributed by atoms with Crippen molar-refractivity contribution in [3.63, 3.8) is 0 Å². The summed E-state index contributed by atoms with van der Waals surface area (Å²) in [5.74, 6) is -0.201. The third-order valence-electron chi connectivity index (χ3n) is 4.53. The first-order chi connectivity index (χ1) is 9.65. The number of likely N-dealkylation sites (N-methyl/N-ethyl adjacent to an activating group) is 1. The molecule has 0 heterocycles. The van der Waals surface area contributed by atoms with Crippen LogP contribution in [-0.2, 0) is 4.79 Å². The molecule has 2 N–H and O–H groups in total. The van der Waals surface area contributed by atoms with Gasteiger partial charge in [0, 0.05) is 12.1 Å². The molecule has 0 aromatic heterocycles. The van der Waals surface area contributed by atoms with Gasteiger partial charge in [-0.05, 0) is 32.7 Å². The summed E-state index contributed by atoms with van der Waals surface area (Å²) < 4.78 is 0. The molecule has 0 atom stereocenters. The maximum absolute atomic E-state index is 11.8. The van der Waals surface area contributed by atoms with Crippen LogP contribution < -0.4 is 10.6 Å². The predicted octanol–water partition coefficient (Wildman–Crippen LogP) is 2.02. The monoisotopic (exact) mass is 281 g/mol. The summed E-state index contributed by atoms with van der Waals surface area (Å²) in [6.45, 7) is 0.308. The van der Waals surface area contributed by atoms with Gasteiger partial charge in [0.05, 0.1) is 6.54 Å². The largest absolute Gasteiger partial charge is 0.335 e. The summed E-state index contributed by atoms with van der Waals surface area (Å²) in [7, 11) is 1.97. The normalized spacial score (nSPS) is 21.1. The number of urea groups is 1. The minimum absolute atomic E-state index is 0.201. The SMILES string of the molecule is CN(CC(=O)NC(=O)NC1CCCCC1)C1CCCC1. The highest BCUT2D eigenvalue weighted by molar-refractivity contribution is 5.95. The average Bonchev–Trinajstić information content (AvgIpc) is 2.93. The van der Waals surface area contributed by atoms with E-state index >= 15 is 0 Å². The van der Waals surface area contributed by atoms with E-state index in [1.807, 2.05) is 7.05 Å². The third-order valence-corrected chi connectivity index (χ3v) is 4.53. The lowest BCUT2D eigenvalue weighted by atomic mass is 9.96. The first-order valence-corrected chi connectivity index (χ1v) is 7.96. The zero-order valence-electron chi connectivity index (χ0n) is 12.5. The molecule has 0 unspecified atom stereocenters. The van der Waals surface area contributed by atoms with Crippen molar-refractivity contribution in [3.8, 4) is 0 Å². The van der Waals surface area contributed by atoms with Crippen LogP contribution in [0.25, 0.3) is 0 Å². The lowest BCUT2D eigenvalue weighted by Crippen LogP contribution is -2.48.